The monoisotopic (exact) mass is 292 g/mol. The third-order valence-electron chi connectivity index (χ3n) is 2.44. The molecule has 0 radical (unpaired) electrons. The summed E-state index contributed by atoms with van der Waals surface area (Å²) < 4.78 is 18.9. The van der Waals surface area contributed by atoms with Crippen LogP contribution >= 0.6 is 11.6 Å². The van der Waals surface area contributed by atoms with Crippen LogP contribution in [0.2, 0.25) is 5.02 Å². The first-order valence-corrected chi connectivity index (χ1v) is 5.71. The zero-order valence-electron chi connectivity index (χ0n) is 9.84. The van der Waals surface area contributed by atoms with Crippen molar-refractivity contribution in [3.05, 3.63) is 62.9 Å². The van der Waals surface area contributed by atoms with Gasteiger partial charge in [-0.3, -0.25) is 10.1 Å². The molecule has 0 saturated heterocycles. The second kappa shape index (κ2) is 5.55. The quantitative estimate of drug-likeness (QED) is 0.631. The molecule has 100 valence electrons. The van der Waals surface area contributed by atoms with E-state index in [9.17, 15) is 14.5 Å². The highest BCUT2D eigenvalue weighted by Crippen LogP contribution is 2.36. The molecule has 0 saturated carbocycles. The maximum atomic E-state index is 13.7. The fourth-order valence-electron chi connectivity index (χ4n) is 1.55. The van der Waals surface area contributed by atoms with Gasteiger partial charge in [0.2, 0.25) is 5.75 Å². The number of nitro benzene ring substituents is 1. The largest absolute Gasteiger partial charge is 0.446 e. The molecule has 0 aliphatic heterocycles. The summed E-state index contributed by atoms with van der Waals surface area (Å²) in [7, 11) is 0. The Labute approximate surface area is 117 Å². The number of halogens is 2. The number of para-hydroxylation sites is 1. The van der Waals surface area contributed by atoms with Crippen LogP contribution in [0.3, 0.4) is 0 Å². The van der Waals surface area contributed by atoms with Gasteiger partial charge in [-0.05, 0) is 18.2 Å². The number of hydrogen-bond acceptors (Lipinski definition) is 4. The summed E-state index contributed by atoms with van der Waals surface area (Å²) in [5, 5.41) is 20.0. The highest BCUT2D eigenvalue weighted by Gasteiger charge is 2.21. The van der Waals surface area contributed by atoms with E-state index in [1.54, 1.807) is 6.07 Å². The fraction of sp³-hybridized carbons (Fsp3) is 0. The van der Waals surface area contributed by atoms with Crippen molar-refractivity contribution in [3.8, 4) is 17.6 Å². The Morgan fingerprint density at radius 1 is 1.30 bits per heavy atom. The predicted octanol–water partition coefficient (Wildman–Crippen LogP) is 4.05. The molecule has 0 N–H and O–H groups in total. The number of hydrogen-bond donors (Lipinski definition) is 0. The normalized spacial score (nSPS) is 9.85. The molecule has 0 bridgehead atoms. The van der Waals surface area contributed by atoms with Gasteiger partial charge in [0.1, 0.15) is 17.4 Å². The molecule has 0 aliphatic rings. The van der Waals surface area contributed by atoms with E-state index in [0.717, 1.165) is 12.1 Å². The van der Waals surface area contributed by atoms with Crippen LogP contribution in [-0.4, -0.2) is 4.92 Å². The minimum atomic E-state index is -0.900. The van der Waals surface area contributed by atoms with Gasteiger partial charge in [0.05, 0.1) is 9.95 Å². The molecular formula is C13H6ClFN2O3. The molecule has 0 spiro atoms. The van der Waals surface area contributed by atoms with Crippen molar-refractivity contribution in [2.45, 2.75) is 0 Å². The maximum absolute atomic E-state index is 13.7. The van der Waals surface area contributed by atoms with E-state index >= 15 is 0 Å². The first kappa shape index (κ1) is 13.8. The van der Waals surface area contributed by atoms with Crippen LogP contribution < -0.4 is 4.74 Å². The van der Waals surface area contributed by atoms with Crippen LogP contribution in [0.25, 0.3) is 0 Å². The first-order valence-electron chi connectivity index (χ1n) is 5.34. The summed E-state index contributed by atoms with van der Waals surface area (Å²) in [6.45, 7) is 0. The summed E-state index contributed by atoms with van der Waals surface area (Å²) >= 11 is 5.81. The lowest BCUT2D eigenvalue weighted by molar-refractivity contribution is -0.385. The van der Waals surface area contributed by atoms with Crippen LogP contribution in [0.1, 0.15) is 5.56 Å². The van der Waals surface area contributed by atoms with E-state index < -0.39 is 22.2 Å². The van der Waals surface area contributed by atoms with Gasteiger partial charge in [-0.25, -0.2) is 4.39 Å². The Bertz CT molecular complexity index is 728. The van der Waals surface area contributed by atoms with Crippen LogP contribution in [-0.2, 0) is 0 Å². The Hall–Kier alpha value is -2.65. The maximum Gasteiger partial charge on any atom is 0.314 e. The molecule has 0 aromatic heterocycles. The van der Waals surface area contributed by atoms with Crippen molar-refractivity contribution in [1.29, 1.82) is 5.26 Å². The molecule has 0 unspecified atom stereocenters. The van der Waals surface area contributed by atoms with Gasteiger partial charge in [0.25, 0.3) is 0 Å². The lowest BCUT2D eigenvalue weighted by Crippen LogP contribution is -1.97. The Morgan fingerprint density at radius 2 is 2.00 bits per heavy atom. The van der Waals surface area contributed by atoms with E-state index in [0.29, 0.717) is 0 Å². The molecular weight excluding hydrogens is 287 g/mol. The number of ether oxygens (including phenoxy) is 1. The highest BCUT2D eigenvalue weighted by atomic mass is 35.5. The molecule has 2 aromatic carbocycles. The molecule has 0 amide bonds. The Morgan fingerprint density at radius 3 is 2.65 bits per heavy atom. The first-order chi connectivity index (χ1) is 9.54. The van der Waals surface area contributed by atoms with Crippen molar-refractivity contribution in [2.24, 2.45) is 0 Å². The van der Waals surface area contributed by atoms with E-state index in [1.165, 1.54) is 24.3 Å². The van der Waals surface area contributed by atoms with Crippen LogP contribution in [0.15, 0.2) is 36.4 Å². The average Bonchev–Trinajstić information content (AvgIpc) is 2.41. The minimum absolute atomic E-state index is 0.0216. The molecule has 2 rings (SSSR count). The topological polar surface area (TPSA) is 76.2 Å². The second-order valence-electron chi connectivity index (χ2n) is 3.67. The molecule has 0 heterocycles. The summed E-state index contributed by atoms with van der Waals surface area (Å²) in [5.74, 6) is -1.51. The molecule has 5 nitrogen and oxygen atoms in total. The van der Waals surface area contributed by atoms with Crippen LogP contribution in [0.5, 0.6) is 11.5 Å². The zero-order valence-corrected chi connectivity index (χ0v) is 10.6. The number of benzene rings is 2. The Kier molecular flexibility index (Phi) is 3.82. The van der Waals surface area contributed by atoms with Gasteiger partial charge in [-0.1, -0.05) is 23.7 Å². The SMILES string of the molecule is N#Cc1c(Cl)cccc1Oc1c(F)cccc1[N+](=O)[O-]. The third-order valence-corrected chi connectivity index (χ3v) is 2.76. The molecule has 0 atom stereocenters. The highest BCUT2D eigenvalue weighted by molar-refractivity contribution is 6.31. The van der Waals surface area contributed by atoms with E-state index in [4.69, 9.17) is 21.6 Å². The predicted molar refractivity (Wildman–Crippen MR) is 69.3 cm³/mol. The smallest absolute Gasteiger partial charge is 0.314 e. The van der Waals surface area contributed by atoms with Crippen molar-refractivity contribution >= 4 is 17.3 Å². The molecule has 0 fully saturated rings. The van der Waals surface area contributed by atoms with E-state index in [-0.39, 0.29) is 16.3 Å². The second-order valence-corrected chi connectivity index (χ2v) is 4.08. The number of nitrogens with zero attached hydrogens (tertiary/aromatic N) is 2. The Balaban J connectivity index is 2.54. The van der Waals surface area contributed by atoms with Gasteiger partial charge >= 0.3 is 5.69 Å². The van der Waals surface area contributed by atoms with E-state index in [2.05, 4.69) is 0 Å². The number of rotatable bonds is 3. The molecule has 2 aromatic rings. The van der Waals surface area contributed by atoms with Gasteiger partial charge < -0.3 is 4.74 Å². The summed E-state index contributed by atoms with van der Waals surface area (Å²) in [4.78, 5) is 10.1. The average molecular weight is 293 g/mol. The number of nitriles is 1. The van der Waals surface area contributed by atoms with Crippen LogP contribution in [0, 0.1) is 27.3 Å². The van der Waals surface area contributed by atoms with Gasteiger partial charge in [-0.15, -0.1) is 0 Å². The summed E-state index contributed by atoms with van der Waals surface area (Å²) in [6.07, 6.45) is 0. The van der Waals surface area contributed by atoms with E-state index in [1.807, 2.05) is 0 Å². The standard InChI is InChI=1S/C13H6ClFN2O3/c14-9-3-1-6-12(8(9)7-16)20-13-10(15)4-2-5-11(13)17(18)19/h1-6H. The van der Waals surface area contributed by atoms with Crippen molar-refractivity contribution in [2.75, 3.05) is 0 Å². The van der Waals surface area contributed by atoms with Gasteiger partial charge in [0.15, 0.2) is 5.82 Å². The lowest BCUT2D eigenvalue weighted by atomic mass is 10.2. The van der Waals surface area contributed by atoms with Crippen molar-refractivity contribution in [3.63, 3.8) is 0 Å². The third kappa shape index (κ3) is 2.53. The zero-order chi connectivity index (χ0) is 14.7. The van der Waals surface area contributed by atoms with Crippen molar-refractivity contribution in [1.82, 2.24) is 0 Å². The molecule has 20 heavy (non-hydrogen) atoms. The summed E-state index contributed by atoms with van der Waals surface area (Å²) in [6, 6.07) is 9.46. The fourth-order valence-corrected chi connectivity index (χ4v) is 1.76. The van der Waals surface area contributed by atoms with Gasteiger partial charge in [-0.2, -0.15) is 5.26 Å². The van der Waals surface area contributed by atoms with Crippen LogP contribution in [0.4, 0.5) is 10.1 Å². The minimum Gasteiger partial charge on any atom is -0.446 e. The van der Waals surface area contributed by atoms with Crippen molar-refractivity contribution < 1.29 is 14.1 Å². The van der Waals surface area contributed by atoms with Gasteiger partial charge in [0, 0.05) is 6.07 Å². The molecule has 7 heteroatoms. The molecule has 0 aliphatic carbocycles. The number of nitro groups is 1. The summed E-state index contributed by atoms with van der Waals surface area (Å²) in [5.41, 5.74) is -0.555. The lowest BCUT2D eigenvalue weighted by Gasteiger charge is -2.09.